The molecule has 0 aromatic carbocycles. The number of rotatable bonds is 3. The van der Waals surface area contributed by atoms with E-state index >= 15 is 0 Å². The first kappa shape index (κ1) is 11.3. The minimum absolute atomic E-state index is 0.0103. The summed E-state index contributed by atoms with van der Waals surface area (Å²) in [5, 5.41) is 16.6. The highest BCUT2D eigenvalue weighted by molar-refractivity contribution is 5.86. The van der Waals surface area contributed by atoms with Crippen molar-refractivity contribution in [1.82, 2.24) is 20.0 Å². The van der Waals surface area contributed by atoms with Gasteiger partial charge in [0.15, 0.2) is 5.69 Å². The van der Waals surface area contributed by atoms with Crippen molar-refractivity contribution in [3.05, 3.63) is 35.9 Å². The van der Waals surface area contributed by atoms with Gasteiger partial charge >= 0.3 is 5.97 Å². The quantitative estimate of drug-likeness (QED) is 0.866. The summed E-state index contributed by atoms with van der Waals surface area (Å²) in [6.45, 7) is 3.80. The van der Waals surface area contributed by atoms with Crippen LogP contribution < -0.4 is 0 Å². The summed E-state index contributed by atoms with van der Waals surface area (Å²) in [5.41, 5.74) is 1.27. The average molecular weight is 232 g/mol. The Labute approximate surface area is 97.9 Å². The first-order chi connectivity index (χ1) is 8.11. The first-order valence-corrected chi connectivity index (χ1v) is 5.20. The van der Waals surface area contributed by atoms with Gasteiger partial charge in [0.1, 0.15) is 0 Å². The number of hydrogen-bond acceptors (Lipinski definition) is 4. The van der Waals surface area contributed by atoms with Crippen LogP contribution in [0.5, 0.6) is 0 Å². The Kier molecular flexibility index (Phi) is 2.86. The molecule has 0 radical (unpaired) electrons. The van der Waals surface area contributed by atoms with Crippen LogP contribution in [0.2, 0.25) is 0 Å². The second-order valence-electron chi connectivity index (χ2n) is 3.91. The fourth-order valence-electron chi connectivity index (χ4n) is 1.63. The predicted molar refractivity (Wildman–Crippen MR) is 60.2 cm³/mol. The van der Waals surface area contributed by atoms with Crippen LogP contribution in [-0.4, -0.2) is 31.1 Å². The van der Waals surface area contributed by atoms with E-state index < -0.39 is 5.97 Å². The zero-order chi connectivity index (χ0) is 12.4. The zero-order valence-corrected chi connectivity index (χ0v) is 9.53. The monoisotopic (exact) mass is 232 g/mol. The molecule has 6 heteroatoms. The molecule has 0 aliphatic carbocycles. The van der Waals surface area contributed by atoms with Crippen LogP contribution in [0.4, 0.5) is 0 Å². The van der Waals surface area contributed by atoms with Gasteiger partial charge in [-0.05, 0) is 18.1 Å². The third-order valence-electron chi connectivity index (χ3n) is 2.34. The van der Waals surface area contributed by atoms with E-state index in [0.29, 0.717) is 11.4 Å². The lowest BCUT2D eigenvalue weighted by Gasteiger charge is -2.08. The van der Waals surface area contributed by atoms with Crippen molar-refractivity contribution < 1.29 is 9.90 Å². The fraction of sp³-hybridized carbons (Fsp3) is 0.273. The van der Waals surface area contributed by atoms with Crippen molar-refractivity contribution in [2.75, 3.05) is 0 Å². The lowest BCUT2D eigenvalue weighted by atomic mass is 10.1. The number of pyridine rings is 1. The lowest BCUT2D eigenvalue weighted by molar-refractivity contribution is 0.0688. The van der Waals surface area contributed by atoms with E-state index in [9.17, 15) is 4.79 Å². The lowest BCUT2D eigenvalue weighted by Crippen LogP contribution is -2.08. The largest absolute Gasteiger partial charge is 0.476 e. The number of nitrogens with zero attached hydrogens (tertiary/aromatic N) is 4. The second-order valence-corrected chi connectivity index (χ2v) is 3.91. The molecule has 2 rings (SSSR count). The average Bonchev–Trinajstić information content (AvgIpc) is 2.74. The maximum atomic E-state index is 11.0. The third kappa shape index (κ3) is 2.01. The molecule has 6 nitrogen and oxygen atoms in total. The van der Waals surface area contributed by atoms with Gasteiger partial charge < -0.3 is 5.11 Å². The minimum atomic E-state index is -1.07. The minimum Gasteiger partial charge on any atom is -0.476 e. The molecule has 2 aromatic rings. The van der Waals surface area contributed by atoms with Gasteiger partial charge in [0.2, 0.25) is 0 Å². The Morgan fingerprint density at radius 1 is 1.47 bits per heavy atom. The molecule has 2 aromatic heterocycles. The van der Waals surface area contributed by atoms with Crippen molar-refractivity contribution in [2.24, 2.45) is 0 Å². The number of carbonyl (C=O) groups is 1. The maximum Gasteiger partial charge on any atom is 0.358 e. The smallest absolute Gasteiger partial charge is 0.358 e. The standard InChI is InChI=1S/C11H12N4O2/c1-7(2)10-9(11(16)17)13-14-15(10)8-4-3-5-12-6-8/h3-7H,1-2H3,(H,16,17). The summed E-state index contributed by atoms with van der Waals surface area (Å²) in [6, 6.07) is 3.57. The van der Waals surface area contributed by atoms with Gasteiger partial charge in [0, 0.05) is 6.20 Å². The van der Waals surface area contributed by atoms with Crippen LogP contribution in [0.15, 0.2) is 24.5 Å². The molecule has 0 saturated carbocycles. The van der Waals surface area contributed by atoms with Crippen molar-refractivity contribution in [3.63, 3.8) is 0 Å². The molecule has 88 valence electrons. The van der Waals surface area contributed by atoms with E-state index in [1.807, 2.05) is 13.8 Å². The van der Waals surface area contributed by atoms with Crippen molar-refractivity contribution in [2.45, 2.75) is 19.8 Å². The van der Waals surface area contributed by atoms with E-state index in [1.165, 1.54) is 4.68 Å². The molecule has 0 aliphatic rings. The molecule has 0 unspecified atom stereocenters. The molecule has 2 heterocycles. The van der Waals surface area contributed by atoms with E-state index in [2.05, 4.69) is 15.3 Å². The van der Waals surface area contributed by atoms with Crippen LogP contribution in [0.1, 0.15) is 35.9 Å². The molecule has 0 aliphatic heterocycles. The highest BCUT2D eigenvalue weighted by Gasteiger charge is 2.22. The van der Waals surface area contributed by atoms with Gasteiger partial charge in [-0.2, -0.15) is 0 Å². The number of aromatic nitrogens is 4. The maximum absolute atomic E-state index is 11.0. The molecule has 0 spiro atoms. The second kappa shape index (κ2) is 4.32. The molecule has 17 heavy (non-hydrogen) atoms. The Morgan fingerprint density at radius 2 is 2.24 bits per heavy atom. The number of aromatic carboxylic acids is 1. The summed E-state index contributed by atoms with van der Waals surface area (Å²) >= 11 is 0. The van der Waals surface area contributed by atoms with Crippen LogP contribution in [-0.2, 0) is 0 Å². The molecule has 0 saturated heterocycles. The molecular weight excluding hydrogens is 220 g/mol. The zero-order valence-electron chi connectivity index (χ0n) is 9.53. The van der Waals surface area contributed by atoms with Crippen molar-refractivity contribution in [1.29, 1.82) is 0 Å². The highest BCUT2D eigenvalue weighted by Crippen LogP contribution is 2.20. The Morgan fingerprint density at radius 3 is 2.76 bits per heavy atom. The third-order valence-corrected chi connectivity index (χ3v) is 2.34. The van der Waals surface area contributed by atoms with Crippen LogP contribution in [0.25, 0.3) is 5.69 Å². The number of carboxylic acids is 1. The molecule has 0 fully saturated rings. The van der Waals surface area contributed by atoms with Crippen molar-refractivity contribution in [3.8, 4) is 5.69 Å². The van der Waals surface area contributed by atoms with Gasteiger partial charge in [-0.25, -0.2) is 9.48 Å². The number of carboxylic acid groups (broad SMARTS) is 1. The summed E-state index contributed by atoms with van der Waals surface area (Å²) in [4.78, 5) is 15.0. The summed E-state index contributed by atoms with van der Waals surface area (Å²) in [6.07, 6.45) is 3.26. The molecule has 1 N–H and O–H groups in total. The molecule has 0 atom stereocenters. The van der Waals surface area contributed by atoms with E-state index in [-0.39, 0.29) is 11.6 Å². The van der Waals surface area contributed by atoms with Crippen LogP contribution >= 0.6 is 0 Å². The Hall–Kier alpha value is -2.24. The normalized spacial score (nSPS) is 10.8. The van der Waals surface area contributed by atoms with Gasteiger partial charge in [-0.1, -0.05) is 19.1 Å². The first-order valence-electron chi connectivity index (χ1n) is 5.20. The van der Waals surface area contributed by atoms with E-state index in [0.717, 1.165) is 0 Å². The number of hydrogen-bond donors (Lipinski definition) is 1. The Bertz CT molecular complexity index is 534. The summed E-state index contributed by atoms with van der Waals surface area (Å²) in [7, 11) is 0. The fourth-order valence-corrected chi connectivity index (χ4v) is 1.63. The Balaban J connectivity index is 2.60. The van der Waals surface area contributed by atoms with Gasteiger partial charge in [0.05, 0.1) is 17.6 Å². The van der Waals surface area contributed by atoms with Gasteiger partial charge in [0.25, 0.3) is 0 Å². The topological polar surface area (TPSA) is 80.9 Å². The summed E-state index contributed by atoms with van der Waals surface area (Å²) in [5.74, 6) is -1.06. The van der Waals surface area contributed by atoms with E-state index in [1.54, 1.807) is 24.5 Å². The SMILES string of the molecule is CC(C)c1c(C(=O)O)nnn1-c1cccnc1. The molecule has 0 bridgehead atoms. The van der Waals surface area contributed by atoms with Crippen LogP contribution in [0.3, 0.4) is 0 Å². The van der Waals surface area contributed by atoms with Crippen LogP contribution in [0, 0.1) is 0 Å². The molecule has 0 amide bonds. The van der Waals surface area contributed by atoms with Gasteiger partial charge in [-0.15, -0.1) is 5.10 Å². The summed E-state index contributed by atoms with van der Waals surface area (Å²) < 4.78 is 1.52. The predicted octanol–water partition coefficient (Wildman–Crippen LogP) is 1.48. The van der Waals surface area contributed by atoms with Crippen molar-refractivity contribution >= 4 is 5.97 Å². The van der Waals surface area contributed by atoms with Gasteiger partial charge in [-0.3, -0.25) is 4.98 Å². The highest BCUT2D eigenvalue weighted by atomic mass is 16.4. The van der Waals surface area contributed by atoms with E-state index in [4.69, 9.17) is 5.11 Å². The molecular formula is C11H12N4O2.